The maximum absolute atomic E-state index is 6.09. The minimum atomic E-state index is 0.555. The molecule has 0 radical (unpaired) electrons. The Balaban J connectivity index is 1.83. The zero-order valence-corrected chi connectivity index (χ0v) is 13.4. The summed E-state index contributed by atoms with van der Waals surface area (Å²) in [6.45, 7) is 5.24. The first-order valence-electron chi connectivity index (χ1n) is 7.61. The molecule has 0 bridgehead atoms. The SMILES string of the molecule is COCCOc1ccc(Cl)cc1CNCC1CCNCC1. The molecule has 0 atom stereocenters. The zero-order chi connectivity index (χ0) is 14.9. The van der Waals surface area contributed by atoms with Crippen molar-refractivity contribution in [1.29, 1.82) is 0 Å². The number of piperidine rings is 1. The van der Waals surface area contributed by atoms with Crippen LogP contribution in [0, 0.1) is 5.92 Å². The fourth-order valence-corrected chi connectivity index (χ4v) is 2.75. The molecular formula is C16H25ClN2O2. The third kappa shape index (κ3) is 5.83. The van der Waals surface area contributed by atoms with E-state index >= 15 is 0 Å². The Kier molecular flexibility index (Phi) is 7.30. The van der Waals surface area contributed by atoms with Gasteiger partial charge in [0.2, 0.25) is 0 Å². The molecule has 0 unspecified atom stereocenters. The normalized spacial score (nSPS) is 16.1. The molecule has 0 aliphatic carbocycles. The van der Waals surface area contributed by atoms with E-state index in [-0.39, 0.29) is 0 Å². The predicted octanol–water partition coefficient (Wildman–Crippen LogP) is 2.45. The first-order valence-corrected chi connectivity index (χ1v) is 7.99. The quantitative estimate of drug-likeness (QED) is 0.724. The molecule has 0 aromatic heterocycles. The molecule has 4 nitrogen and oxygen atoms in total. The van der Waals surface area contributed by atoms with Gasteiger partial charge in [-0.3, -0.25) is 0 Å². The highest BCUT2D eigenvalue weighted by molar-refractivity contribution is 6.30. The van der Waals surface area contributed by atoms with Crippen LogP contribution in [-0.2, 0) is 11.3 Å². The van der Waals surface area contributed by atoms with Gasteiger partial charge in [0.1, 0.15) is 12.4 Å². The Hall–Kier alpha value is -0.810. The average molecular weight is 313 g/mol. The number of hydrogen-bond donors (Lipinski definition) is 2. The molecule has 1 heterocycles. The second kappa shape index (κ2) is 9.26. The first kappa shape index (κ1) is 16.6. The van der Waals surface area contributed by atoms with Crippen molar-refractivity contribution in [2.45, 2.75) is 19.4 Å². The van der Waals surface area contributed by atoms with Gasteiger partial charge in [-0.1, -0.05) is 11.6 Å². The minimum Gasteiger partial charge on any atom is -0.491 e. The van der Waals surface area contributed by atoms with Crippen molar-refractivity contribution in [2.75, 3.05) is 40.0 Å². The summed E-state index contributed by atoms with van der Waals surface area (Å²) in [6, 6.07) is 5.76. The van der Waals surface area contributed by atoms with E-state index in [1.165, 1.54) is 12.8 Å². The van der Waals surface area contributed by atoms with Crippen LogP contribution in [-0.4, -0.2) is 40.0 Å². The van der Waals surface area contributed by atoms with Crippen molar-refractivity contribution in [3.05, 3.63) is 28.8 Å². The highest BCUT2D eigenvalue weighted by Crippen LogP contribution is 2.23. The molecule has 5 heteroatoms. The molecular weight excluding hydrogens is 288 g/mol. The smallest absolute Gasteiger partial charge is 0.124 e. The standard InChI is InChI=1S/C16H25ClN2O2/c1-20-8-9-21-16-3-2-15(17)10-14(16)12-19-11-13-4-6-18-7-5-13/h2-3,10,13,18-19H,4-9,11-12H2,1H3. The average Bonchev–Trinajstić information content (AvgIpc) is 2.51. The van der Waals surface area contributed by atoms with Gasteiger partial charge >= 0.3 is 0 Å². The lowest BCUT2D eigenvalue weighted by atomic mass is 9.98. The van der Waals surface area contributed by atoms with E-state index in [1.54, 1.807) is 7.11 Å². The fraction of sp³-hybridized carbons (Fsp3) is 0.625. The maximum Gasteiger partial charge on any atom is 0.124 e. The van der Waals surface area contributed by atoms with Gasteiger partial charge < -0.3 is 20.1 Å². The summed E-state index contributed by atoms with van der Waals surface area (Å²) in [7, 11) is 1.67. The molecule has 1 aromatic rings. The van der Waals surface area contributed by atoms with Gasteiger partial charge in [-0.05, 0) is 56.6 Å². The molecule has 1 aromatic carbocycles. The summed E-state index contributed by atoms with van der Waals surface area (Å²) in [5, 5.41) is 7.67. The lowest BCUT2D eigenvalue weighted by molar-refractivity contribution is 0.145. The van der Waals surface area contributed by atoms with Crippen molar-refractivity contribution < 1.29 is 9.47 Å². The second-order valence-corrected chi connectivity index (χ2v) is 5.85. The molecule has 0 saturated carbocycles. The number of ether oxygens (including phenoxy) is 2. The van der Waals surface area contributed by atoms with Crippen LogP contribution < -0.4 is 15.4 Å². The van der Waals surface area contributed by atoms with Gasteiger partial charge in [-0.15, -0.1) is 0 Å². The molecule has 2 N–H and O–H groups in total. The highest BCUT2D eigenvalue weighted by Gasteiger charge is 2.12. The van der Waals surface area contributed by atoms with Gasteiger partial charge in [0.25, 0.3) is 0 Å². The van der Waals surface area contributed by atoms with Crippen LogP contribution in [0.4, 0.5) is 0 Å². The van der Waals surface area contributed by atoms with Crippen molar-refractivity contribution in [3.63, 3.8) is 0 Å². The van der Waals surface area contributed by atoms with Crippen molar-refractivity contribution in [3.8, 4) is 5.75 Å². The summed E-state index contributed by atoms with van der Waals surface area (Å²) < 4.78 is 10.8. The molecule has 21 heavy (non-hydrogen) atoms. The van der Waals surface area contributed by atoms with Crippen LogP contribution >= 0.6 is 11.6 Å². The number of hydrogen-bond acceptors (Lipinski definition) is 4. The van der Waals surface area contributed by atoms with Crippen LogP contribution in [0.3, 0.4) is 0 Å². The number of halogens is 1. The predicted molar refractivity (Wildman–Crippen MR) is 86.1 cm³/mol. The largest absolute Gasteiger partial charge is 0.491 e. The van der Waals surface area contributed by atoms with E-state index in [0.717, 1.165) is 48.4 Å². The number of nitrogens with one attached hydrogen (secondary N) is 2. The first-order chi connectivity index (χ1) is 10.3. The number of methoxy groups -OCH3 is 1. The molecule has 0 amide bonds. The summed E-state index contributed by atoms with van der Waals surface area (Å²) >= 11 is 6.09. The van der Waals surface area contributed by atoms with E-state index in [9.17, 15) is 0 Å². The lowest BCUT2D eigenvalue weighted by Crippen LogP contribution is -2.33. The van der Waals surface area contributed by atoms with Gasteiger partial charge in [0.15, 0.2) is 0 Å². The highest BCUT2D eigenvalue weighted by atomic mass is 35.5. The summed E-state index contributed by atoms with van der Waals surface area (Å²) in [5.41, 5.74) is 1.10. The van der Waals surface area contributed by atoms with Crippen molar-refractivity contribution in [2.24, 2.45) is 5.92 Å². The summed E-state index contributed by atoms with van der Waals surface area (Å²) in [5.74, 6) is 1.65. The lowest BCUT2D eigenvalue weighted by Gasteiger charge is -2.23. The van der Waals surface area contributed by atoms with E-state index < -0.39 is 0 Å². The molecule has 1 aliphatic heterocycles. The van der Waals surface area contributed by atoms with Crippen molar-refractivity contribution in [1.82, 2.24) is 10.6 Å². The Labute approximate surface area is 132 Å². The van der Waals surface area contributed by atoms with Gasteiger partial charge in [-0.2, -0.15) is 0 Å². The van der Waals surface area contributed by atoms with E-state index in [4.69, 9.17) is 21.1 Å². The van der Waals surface area contributed by atoms with Gasteiger partial charge in [0, 0.05) is 24.2 Å². The Bertz CT molecular complexity index is 423. The second-order valence-electron chi connectivity index (χ2n) is 5.42. The molecule has 2 rings (SSSR count). The van der Waals surface area contributed by atoms with Crippen LogP contribution in [0.1, 0.15) is 18.4 Å². The zero-order valence-electron chi connectivity index (χ0n) is 12.7. The van der Waals surface area contributed by atoms with Crippen LogP contribution in [0.25, 0.3) is 0 Å². The van der Waals surface area contributed by atoms with E-state index in [1.807, 2.05) is 18.2 Å². The van der Waals surface area contributed by atoms with E-state index in [0.29, 0.717) is 13.2 Å². The topological polar surface area (TPSA) is 42.5 Å². The molecule has 1 saturated heterocycles. The summed E-state index contributed by atoms with van der Waals surface area (Å²) in [6.07, 6.45) is 2.50. The third-order valence-electron chi connectivity index (χ3n) is 3.77. The third-order valence-corrected chi connectivity index (χ3v) is 4.01. The number of benzene rings is 1. The van der Waals surface area contributed by atoms with Crippen molar-refractivity contribution >= 4 is 11.6 Å². The molecule has 118 valence electrons. The Morgan fingerprint density at radius 1 is 1.29 bits per heavy atom. The van der Waals surface area contributed by atoms with Crippen LogP contribution in [0.2, 0.25) is 5.02 Å². The molecule has 0 spiro atoms. The van der Waals surface area contributed by atoms with Crippen LogP contribution in [0.5, 0.6) is 5.75 Å². The van der Waals surface area contributed by atoms with Gasteiger partial charge in [0.05, 0.1) is 6.61 Å². The molecule has 1 fully saturated rings. The molecule has 1 aliphatic rings. The van der Waals surface area contributed by atoms with Gasteiger partial charge in [-0.25, -0.2) is 0 Å². The number of rotatable bonds is 8. The van der Waals surface area contributed by atoms with E-state index in [2.05, 4.69) is 10.6 Å². The van der Waals surface area contributed by atoms with Crippen LogP contribution in [0.15, 0.2) is 18.2 Å². The Morgan fingerprint density at radius 3 is 2.86 bits per heavy atom. The minimum absolute atomic E-state index is 0.555. The summed E-state index contributed by atoms with van der Waals surface area (Å²) in [4.78, 5) is 0. The maximum atomic E-state index is 6.09. The monoisotopic (exact) mass is 312 g/mol. The Morgan fingerprint density at radius 2 is 2.10 bits per heavy atom. The fourth-order valence-electron chi connectivity index (χ4n) is 2.56.